The molecule has 3 nitrogen and oxygen atoms in total. The van der Waals surface area contributed by atoms with Gasteiger partial charge in [0.1, 0.15) is 12.4 Å². The third-order valence-corrected chi connectivity index (χ3v) is 4.75. The number of hydrogen-bond acceptors (Lipinski definition) is 2. The van der Waals surface area contributed by atoms with Crippen molar-refractivity contribution in [3.05, 3.63) is 58.9 Å². The molecule has 0 N–H and O–H groups in total. The molecular weight excluding hydrogens is 305 g/mol. The zero-order valence-electron chi connectivity index (χ0n) is 13.8. The molecule has 0 radical (unpaired) electrons. The number of hydrogen-bond donors (Lipinski definition) is 0. The monoisotopic (exact) mass is 326 g/mol. The molecule has 0 atom stereocenters. The third kappa shape index (κ3) is 2.66. The minimum Gasteiger partial charge on any atom is -0.454 e. The van der Waals surface area contributed by atoms with Gasteiger partial charge in [-0.3, -0.25) is 0 Å². The maximum atomic E-state index is 14.1. The van der Waals surface area contributed by atoms with Crippen LogP contribution in [0.3, 0.4) is 0 Å². The lowest BCUT2D eigenvalue weighted by Crippen LogP contribution is -2.30. The molecule has 0 aliphatic carbocycles. The molecule has 0 fully saturated rings. The maximum absolute atomic E-state index is 14.1. The summed E-state index contributed by atoms with van der Waals surface area (Å²) in [5.41, 5.74) is 4.55. The summed E-state index contributed by atoms with van der Waals surface area (Å²) in [5.74, 6) is 1.52. The predicted octanol–water partition coefficient (Wildman–Crippen LogP) is 3.91. The van der Waals surface area contributed by atoms with Gasteiger partial charge in [0.05, 0.1) is 5.56 Å². The molecule has 2 aliphatic rings. The van der Waals surface area contributed by atoms with Gasteiger partial charge >= 0.3 is 0 Å². The molecule has 0 saturated heterocycles. The Bertz CT molecular complexity index is 813. The Kier molecular flexibility index (Phi) is 3.97. The summed E-state index contributed by atoms with van der Waals surface area (Å²) in [5, 5.41) is 0. The molecule has 4 rings (SSSR count). The largest absolute Gasteiger partial charge is 0.454 e. The van der Waals surface area contributed by atoms with Gasteiger partial charge in [0.2, 0.25) is 6.79 Å². The van der Waals surface area contributed by atoms with Gasteiger partial charge in [-0.2, -0.15) is 0 Å². The quantitative estimate of drug-likeness (QED) is 0.795. The van der Waals surface area contributed by atoms with E-state index in [4.69, 9.17) is 9.47 Å². The molecule has 2 aromatic rings. The van der Waals surface area contributed by atoms with Crippen LogP contribution in [0.25, 0.3) is 0 Å². The lowest BCUT2D eigenvalue weighted by molar-refractivity contribution is -0.546. The second kappa shape index (κ2) is 6.27. The van der Waals surface area contributed by atoms with Gasteiger partial charge in [-0.15, -0.1) is 0 Å². The number of halogens is 1. The molecule has 0 spiro atoms. The highest BCUT2D eigenvalue weighted by Gasteiger charge is 2.29. The van der Waals surface area contributed by atoms with Crippen molar-refractivity contribution in [2.24, 2.45) is 0 Å². The molecule has 2 aromatic carbocycles. The SMILES string of the molecule is CCCC1=[N+](Cc2ccccc2F)CCc2cc3c(cc21)OCO3. The van der Waals surface area contributed by atoms with Crippen molar-refractivity contribution in [1.82, 2.24) is 0 Å². The Labute approximate surface area is 141 Å². The van der Waals surface area contributed by atoms with E-state index in [9.17, 15) is 4.39 Å². The Balaban J connectivity index is 1.76. The average molecular weight is 326 g/mol. The van der Waals surface area contributed by atoms with Crippen LogP contribution in [0, 0.1) is 5.82 Å². The number of fused-ring (bicyclic) bond motifs is 2. The Morgan fingerprint density at radius 3 is 2.71 bits per heavy atom. The summed E-state index contributed by atoms with van der Waals surface area (Å²) in [7, 11) is 0. The fourth-order valence-electron chi connectivity index (χ4n) is 3.56. The highest BCUT2D eigenvalue weighted by Crippen LogP contribution is 2.36. The van der Waals surface area contributed by atoms with Crippen molar-refractivity contribution >= 4 is 5.71 Å². The third-order valence-electron chi connectivity index (χ3n) is 4.75. The second-order valence-corrected chi connectivity index (χ2v) is 6.32. The standard InChI is InChI=1S/C20H21FNO2/c1-2-5-18-16-11-20-19(23-13-24-20)10-14(16)8-9-22(18)12-15-6-3-4-7-17(15)21/h3-4,6-7,10-11H,2,5,8-9,12-13H2,1H3/q+1. The number of nitrogens with zero attached hydrogens (tertiary/aromatic N) is 1. The van der Waals surface area contributed by atoms with E-state index < -0.39 is 0 Å². The highest BCUT2D eigenvalue weighted by molar-refractivity contribution is 5.99. The maximum Gasteiger partial charge on any atom is 0.231 e. The van der Waals surface area contributed by atoms with Crippen LogP contribution < -0.4 is 9.47 Å². The van der Waals surface area contributed by atoms with Crippen LogP contribution in [-0.4, -0.2) is 23.6 Å². The van der Waals surface area contributed by atoms with E-state index in [1.54, 1.807) is 6.07 Å². The second-order valence-electron chi connectivity index (χ2n) is 6.32. The zero-order chi connectivity index (χ0) is 16.5. The first-order valence-corrected chi connectivity index (χ1v) is 8.53. The van der Waals surface area contributed by atoms with E-state index in [2.05, 4.69) is 23.6 Å². The molecular formula is C20H21FNO2+. The fourth-order valence-corrected chi connectivity index (χ4v) is 3.56. The summed E-state index contributed by atoms with van der Waals surface area (Å²) >= 11 is 0. The molecule has 4 heteroatoms. The topological polar surface area (TPSA) is 21.5 Å². The fraction of sp³-hybridized carbons (Fsp3) is 0.350. The lowest BCUT2D eigenvalue weighted by atomic mass is 9.93. The Morgan fingerprint density at radius 1 is 1.12 bits per heavy atom. The normalized spacial score (nSPS) is 15.6. The van der Waals surface area contributed by atoms with Crippen molar-refractivity contribution < 1.29 is 18.4 Å². The van der Waals surface area contributed by atoms with Crippen molar-refractivity contribution in [2.45, 2.75) is 32.7 Å². The molecule has 0 aromatic heterocycles. The van der Waals surface area contributed by atoms with Gasteiger partial charge in [0.25, 0.3) is 0 Å². The van der Waals surface area contributed by atoms with Gasteiger partial charge in [-0.1, -0.05) is 19.1 Å². The molecule has 2 aliphatic heterocycles. The van der Waals surface area contributed by atoms with Crippen LogP contribution >= 0.6 is 0 Å². The van der Waals surface area contributed by atoms with Crippen molar-refractivity contribution in [3.8, 4) is 11.5 Å². The van der Waals surface area contributed by atoms with Crippen LogP contribution in [0.1, 0.15) is 36.5 Å². The van der Waals surface area contributed by atoms with Gasteiger partial charge < -0.3 is 9.47 Å². The number of benzene rings is 2. The van der Waals surface area contributed by atoms with E-state index in [1.165, 1.54) is 22.9 Å². The summed E-state index contributed by atoms with van der Waals surface area (Å²) < 4.78 is 27.4. The first kappa shape index (κ1) is 15.2. The summed E-state index contributed by atoms with van der Waals surface area (Å²) in [6.07, 6.45) is 2.96. The molecule has 24 heavy (non-hydrogen) atoms. The minimum absolute atomic E-state index is 0.134. The highest BCUT2D eigenvalue weighted by atomic mass is 19.1. The van der Waals surface area contributed by atoms with Crippen LogP contribution in [-0.2, 0) is 13.0 Å². The predicted molar refractivity (Wildman–Crippen MR) is 90.5 cm³/mol. The van der Waals surface area contributed by atoms with Gasteiger partial charge in [-0.25, -0.2) is 8.97 Å². The van der Waals surface area contributed by atoms with Crippen molar-refractivity contribution in [1.29, 1.82) is 0 Å². The van der Waals surface area contributed by atoms with Crippen LogP contribution in [0.15, 0.2) is 36.4 Å². The molecule has 0 bridgehead atoms. The molecule has 124 valence electrons. The van der Waals surface area contributed by atoms with Crippen molar-refractivity contribution in [3.63, 3.8) is 0 Å². The smallest absolute Gasteiger partial charge is 0.231 e. The van der Waals surface area contributed by atoms with E-state index in [-0.39, 0.29) is 5.82 Å². The molecule has 0 unspecified atom stereocenters. The average Bonchev–Trinajstić information content (AvgIpc) is 3.04. The summed E-state index contributed by atoms with van der Waals surface area (Å²) in [4.78, 5) is 0. The van der Waals surface area contributed by atoms with Gasteiger partial charge in [0, 0.05) is 18.4 Å². The van der Waals surface area contributed by atoms with Gasteiger partial charge in [0.15, 0.2) is 23.8 Å². The first-order valence-electron chi connectivity index (χ1n) is 8.53. The van der Waals surface area contributed by atoms with E-state index in [0.29, 0.717) is 13.3 Å². The van der Waals surface area contributed by atoms with Crippen molar-refractivity contribution in [2.75, 3.05) is 13.3 Å². The first-order chi connectivity index (χ1) is 11.8. The van der Waals surface area contributed by atoms with E-state index in [1.807, 2.05) is 12.1 Å². The van der Waals surface area contributed by atoms with Gasteiger partial charge in [-0.05, 0) is 36.2 Å². The van der Waals surface area contributed by atoms with Crippen LogP contribution in [0.2, 0.25) is 0 Å². The van der Waals surface area contributed by atoms with Crippen LogP contribution in [0.5, 0.6) is 11.5 Å². The molecule has 2 heterocycles. The molecule has 0 amide bonds. The van der Waals surface area contributed by atoms with E-state index in [0.717, 1.165) is 42.9 Å². The lowest BCUT2D eigenvalue weighted by Gasteiger charge is -2.19. The Hall–Kier alpha value is -2.36. The zero-order valence-corrected chi connectivity index (χ0v) is 13.8. The number of ether oxygens (including phenoxy) is 2. The Morgan fingerprint density at radius 2 is 1.92 bits per heavy atom. The summed E-state index contributed by atoms with van der Waals surface area (Å²) in [6.45, 7) is 3.97. The number of rotatable bonds is 4. The summed E-state index contributed by atoms with van der Waals surface area (Å²) in [6, 6.07) is 11.2. The minimum atomic E-state index is -0.134. The van der Waals surface area contributed by atoms with Crippen LogP contribution in [0.4, 0.5) is 4.39 Å². The van der Waals surface area contributed by atoms with E-state index >= 15 is 0 Å². The molecule has 0 saturated carbocycles.